The first kappa shape index (κ1) is 15.3. The Labute approximate surface area is 129 Å². The maximum absolute atomic E-state index is 6.16. The summed E-state index contributed by atoms with van der Waals surface area (Å²) in [7, 11) is 0. The lowest BCUT2D eigenvalue weighted by Gasteiger charge is -2.36. The van der Waals surface area contributed by atoms with E-state index in [9.17, 15) is 0 Å². The Morgan fingerprint density at radius 1 is 1.32 bits per heavy atom. The lowest BCUT2D eigenvalue weighted by molar-refractivity contribution is -0.0264. The predicted octanol–water partition coefficient (Wildman–Crippen LogP) is 5.60. The highest BCUT2D eigenvalue weighted by molar-refractivity contribution is 9.09. The molecule has 1 aliphatic carbocycles. The maximum atomic E-state index is 6.16. The van der Waals surface area contributed by atoms with Crippen LogP contribution in [-0.2, 0) is 4.74 Å². The van der Waals surface area contributed by atoms with Crippen molar-refractivity contribution in [3.05, 3.63) is 33.8 Å². The lowest BCUT2D eigenvalue weighted by atomic mass is 9.78. The van der Waals surface area contributed by atoms with Gasteiger partial charge in [0.25, 0.3) is 0 Å². The fourth-order valence-electron chi connectivity index (χ4n) is 2.80. The Morgan fingerprint density at radius 2 is 2.00 bits per heavy atom. The van der Waals surface area contributed by atoms with E-state index in [1.54, 1.807) is 0 Å². The number of hydrogen-bond acceptors (Lipinski definition) is 1. The fourth-order valence-corrected chi connectivity index (χ4v) is 4.04. The van der Waals surface area contributed by atoms with E-state index in [1.807, 2.05) is 0 Å². The molecule has 0 N–H and O–H groups in total. The summed E-state index contributed by atoms with van der Waals surface area (Å²) >= 11 is 10.0. The third-order valence-corrected chi connectivity index (χ3v) is 5.29. The lowest BCUT2D eigenvalue weighted by Crippen LogP contribution is -2.31. The molecule has 19 heavy (non-hydrogen) atoms. The molecule has 1 nitrogen and oxygen atoms in total. The highest BCUT2D eigenvalue weighted by Crippen LogP contribution is 2.41. The highest BCUT2D eigenvalue weighted by atomic mass is 79.9. The zero-order chi connectivity index (χ0) is 14.0. The van der Waals surface area contributed by atoms with E-state index in [4.69, 9.17) is 16.3 Å². The second-order valence-electron chi connectivity index (χ2n) is 5.58. The molecule has 3 heteroatoms. The van der Waals surface area contributed by atoms with Crippen LogP contribution in [0.4, 0.5) is 0 Å². The van der Waals surface area contributed by atoms with Crippen LogP contribution in [0.15, 0.2) is 12.1 Å². The number of alkyl halides is 1. The van der Waals surface area contributed by atoms with Crippen molar-refractivity contribution in [2.45, 2.75) is 51.0 Å². The summed E-state index contributed by atoms with van der Waals surface area (Å²) in [4.78, 5) is 0.427. The van der Waals surface area contributed by atoms with Crippen LogP contribution in [-0.4, -0.2) is 12.7 Å². The van der Waals surface area contributed by atoms with Crippen molar-refractivity contribution in [3.8, 4) is 0 Å². The quantitative estimate of drug-likeness (QED) is 0.631. The minimum atomic E-state index is 0.427. The van der Waals surface area contributed by atoms with Crippen LogP contribution in [0.1, 0.15) is 47.7 Å². The number of benzene rings is 1. The first-order valence-corrected chi connectivity index (χ1v) is 8.33. The van der Waals surface area contributed by atoms with Gasteiger partial charge in [-0.05, 0) is 68.7 Å². The minimum Gasteiger partial charge on any atom is -0.378 e. The summed E-state index contributed by atoms with van der Waals surface area (Å²) in [6.45, 7) is 7.11. The van der Waals surface area contributed by atoms with Crippen LogP contribution in [0.25, 0.3) is 0 Å². The predicted molar refractivity (Wildman–Crippen MR) is 85.3 cm³/mol. The van der Waals surface area contributed by atoms with Gasteiger partial charge < -0.3 is 4.74 Å². The summed E-state index contributed by atoms with van der Waals surface area (Å²) in [5.41, 5.74) is 3.81. The van der Waals surface area contributed by atoms with Crippen molar-refractivity contribution >= 4 is 27.5 Å². The van der Waals surface area contributed by atoms with Gasteiger partial charge in [-0.25, -0.2) is 0 Å². The number of aryl methyl sites for hydroxylation is 2. The molecule has 0 spiro atoms. The summed E-state index contributed by atoms with van der Waals surface area (Å²) in [5.74, 6) is 0.788. The Hall–Kier alpha value is -0.0500. The largest absolute Gasteiger partial charge is 0.378 e. The Balaban J connectivity index is 1.94. The molecule has 1 unspecified atom stereocenters. The van der Waals surface area contributed by atoms with Crippen molar-refractivity contribution < 1.29 is 4.74 Å². The number of ether oxygens (including phenoxy) is 1. The molecule has 106 valence electrons. The van der Waals surface area contributed by atoms with E-state index in [1.165, 1.54) is 30.4 Å². The highest BCUT2D eigenvalue weighted by Gasteiger charge is 2.31. The van der Waals surface area contributed by atoms with E-state index < -0.39 is 0 Å². The maximum Gasteiger partial charge on any atom is 0.0580 e. The van der Waals surface area contributed by atoms with Crippen molar-refractivity contribution in [1.82, 2.24) is 0 Å². The molecule has 1 atom stereocenters. The standard InChI is InChI=1S/C16H22BrClO/c1-4-19-13-7-12(8-13)9-15(17)14-5-11(3)16(18)6-10(14)2/h5-6,12-13,15H,4,7-9H2,1-3H3. The molecule has 0 aromatic heterocycles. The second kappa shape index (κ2) is 6.60. The molecule has 2 rings (SSSR count). The fraction of sp³-hybridized carbons (Fsp3) is 0.625. The molecule has 0 aliphatic heterocycles. The SMILES string of the molecule is CCOC1CC(CC(Br)c2cc(C)c(Cl)cc2C)C1. The van der Waals surface area contributed by atoms with E-state index in [0.717, 1.165) is 23.1 Å². The van der Waals surface area contributed by atoms with Crippen molar-refractivity contribution in [2.24, 2.45) is 5.92 Å². The van der Waals surface area contributed by atoms with Gasteiger partial charge in [-0.3, -0.25) is 0 Å². The second-order valence-corrected chi connectivity index (χ2v) is 7.09. The summed E-state index contributed by atoms with van der Waals surface area (Å²) in [6.07, 6.45) is 4.11. The van der Waals surface area contributed by atoms with Crippen LogP contribution in [0.3, 0.4) is 0 Å². The van der Waals surface area contributed by atoms with Gasteiger partial charge in [0.05, 0.1) is 6.10 Å². The van der Waals surface area contributed by atoms with Gasteiger partial charge in [-0.1, -0.05) is 33.6 Å². The van der Waals surface area contributed by atoms with Gasteiger partial charge in [0.1, 0.15) is 0 Å². The van der Waals surface area contributed by atoms with Crippen molar-refractivity contribution in [3.63, 3.8) is 0 Å². The molecule has 0 bridgehead atoms. The minimum absolute atomic E-state index is 0.427. The van der Waals surface area contributed by atoms with Gasteiger partial charge in [-0.15, -0.1) is 0 Å². The van der Waals surface area contributed by atoms with E-state index >= 15 is 0 Å². The molecular weight excluding hydrogens is 324 g/mol. The van der Waals surface area contributed by atoms with Crippen LogP contribution in [0, 0.1) is 19.8 Å². The molecule has 1 aliphatic rings. The van der Waals surface area contributed by atoms with E-state index in [2.05, 4.69) is 48.8 Å². The topological polar surface area (TPSA) is 9.23 Å². The molecule has 0 saturated heterocycles. The summed E-state index contributed by atoms with van der Waals surface area (Å²) < 4.78 is 5.62. The van der Waals surface area contributed by atoms with Crippen LogP contribution >= 0.6 is 27.5 Å². The Morgan fingerprint density at radius 3 is 2.63 bits per heavy atom. The van der Waals surface area contributed by atoms with Crippen molar-refractivity contribution in [1.29, 1.82) is 0 Å². The molecule has 1 aromatic rings. The molecule has 1 saturated carbocycles. The molecule has 1 aromatic carbocycles. The smallest absolute Gasteiger partial charge is 0.0580 e. The van der Waals surface area contributed by atoms with Crippen LogP contribution < -0.4 is 0 Å². The van der Waals surface area contributed by atoms with E-state index in [0.29, 0.717) is 10.9 Å². The third-order valence-electron chi connectivity index (χ3n) is 4.02. The molecule has 0 amide bonds. The first-order valence-electron chi connectivity index (χ1n) is 7.03. The number of hydrogen-bond donors (Lipinski definition) is 0. The summed E-state index contributed by atoms with van der Waals surface area (Å²) in [5, 5.41) is 0.862. The molecule has 0 heterocycles. The van der Waals surface area contributed by atoms with Crippen LogP contribution in [0.5, 0.6) is 0 Å². The monoisotopic (exact) mass is 344 g/mol. The van der Waals surface area contributed by atoms with E-state index in [-0.39, 0.29) is 0 Å². The molecular formula is C16H22BrClO. The van der Waals surface area contributed by atoms with Gasteiger partial charge in [0.2, 0.25) is 0 Å². The Kier molecular flexibility index (Phi) is 5.33. The number of rotatable bonds is 5. The third kappa shape index (κ3) is 3.74. The zero-order valence-electron chi connectivity index (χ0n) is 11.9. The van der Waals surface area contributed by atoms with Crippen molar-refractivity contribution in [2.75, 3.05) is 6.61 Å². The Bertz CT molecular complexity index is 441. The first-order chi connectivity index (χ1) is 9.01. The number of halogens is 2. The summed E-state index contributed by atoms with van der Waals surface area (Å²) in [6, 6.07) is 4.29. The average molecular weight is 346 g/mol. The van der Waals surface area contributed by atoms with Gasteiger partial charge >= 0.3 is 0 Å². The van der Waals surface area contributed by atoms with Gasteiger partial charge in [-0.2, -0.15) is 0 Å². The van der Waals surface area contributed by atoms with Gasteiger partial charge in [0, 0.05) is 16.5 Å². The molecule has 0 radical (unpaired) electrons. The average Bonchev–Trinajstić information content (AvgIpc) is 2.31. The normalized spacial score (nSPS) is 24.1. The molecule has 1 fully saturated rings. The van der Waals surface area contributed by atoms with Crippen LogP contribution in [0.2, 0.25) is 5.02 Å². The zero-order valence-corrected chi connectivity index (χ0v) is 14.2. The van der Waals surface area contributed by atoms with Gasteiger partial charge in [0.15, 0.2) is 0 Å².